The number of rotatable bonds is 5. The van der Waals surface area contributed by atoms with Crippen molar-refractivity contribution in [2.24, 2.45) is 0 Å². The zero-order valence-electron chi connectivity index (χ0n) is 11.2. The molecule has 1 atom stereocenters. The fraction of sp³-hybridized carbons (Fsp3) is 0.250. The van der Waals surface area contributed by atoms with Crippen LogP contribution in [0.3, 0.4) is 0 Å². The van der Waals surface area contributed by atoms with E-state index in [4.69, 9.17) is 4.74 Å². The summed E-state index contributed by atoms with van der Waals surface area (Å²) in [6.07, 6.45) is 0. The average Bonchev–Trinajstić information content (AvgIpc) is 2.42. The first-order chi connectivity index (χ1) is 9.20. The molecule has 0 bridgehead atoms. The van der Waals surface area contributed by atoms with Gasteiger partial charge in [0.05, 0.1) is 6.61 Å². The molecule has 0 aliphatic rings. The van der Waals surface area contributed by atoms with Crippen LogP contribution in [0, 0.1) is 0 Å². The monoisotopic (exact) mass is 319 g/mol. The van der Waals surface area contributed by atoms with Crippen LogP contribution in [-0.2, 0) is 11.3 Å². The second kappa shape index (κ2) is 6.73. The highest BCUT2D eigenvalue weighted by Crippen LogP contribution is 2.24. The number of halogens is 1. The van der Waals surface area contributed by atoms with Crippen LogP contribution in [0.1, 0.15) is 24.1 Å². The number of hydrogen-bond acceptors (Lipinski definition) is 2. The summed E-state index contributed by atoms with van der Waals surface area (Å²) >= 11 is 3.46. The van der Waals surface area contributed by atoms with Crippen LogP contribution in [0.15, 0.2) is 53.0 Å². The maximum absolute atomic E-state index is 5.23. The molecular formula is C16H18BrNO. The third kappa shape index (κ3) is 3.82. The van der Waals surface area contributed by atoms with Crippen molar-refractivity contribution in [3.63, 3.8) is 0 Å². The Morgan fingerprint density at radius 3 is 2.47 bits per heavy atom. The highest BCUT2D eigenvalue weighted by atomic mass is 79.9. The Hall–Kier alpha value is -1.32. The summed E-state index contributed by atoms with van der Waals surface area (Å²) in [6, 6.07) is 16.9. The summed E-state index contributed by atoms with van der Waals surface area (Å²) in [7, 11) is 1.72. The maximum Gasteiger partial charge on any atom is 0.0733 e. The Morgan fingerprint density at radius 2 is 1.79 bits per heavy atom. The third-order valence-electron chi connectivity index (χ3n) is 3.06. The fourth-order valence-corrected chi connectivity index (χ4v) is 2.27. The standard InChI is InChI=1S/C16H18BrNO/c1-12(13-7-9-15(17)10-8-13)18-16-6-4-3-5-14(16)11-19-2/h3-10,12,18H,11H2,1-2H3. The van der Waals surface area contributed by atoms with Gasteiger partial charge in [-0.1, -0.05) is 46.3 Å². The smallest absolute Gasteiger partial charge is 0.0733 e. The summed E-state index contributed by atoms with van der Waals surface area (Å²) in [5.41, 5.74) is 3.56. The van der Waals surface area contributed by atoms with Gasteiger partial charge in [-0.2, -0.15) is 0 Å². The number of ether oxygens (including phenoxy) is 1. The normalized spacial score (nSPS) is 12.2. The van der Waals surface area contributed by atoms with Crippen LogP contribution < -0.4 is 5.32 Å². The van der Waals surface area contributed by atoms with E-state index in [1.807, 2.05) is 12.1 Å². The largest absolute Gasteiger partial charge is 0.380 e. The fourth-order valence-electron chi connectivity index (χ4n) is 2.01. The van der Waals surface area contributed by atoms with Gasteiger partial charge in [-0.05, 0) is 30.7 Å². The molecule has 0 saturated heterocycles. The predicted octanol–water partition coefficient (Wildman–Crippen LogP) is 4.77. The maximum atomic E-state index is 5.23. The van der Waals surface area contributed by atoms with Crippen molar-refractivity contribution in [1.29, 1.82) is 0 Å². The van der Waals surface area contributed by atoms with Crippen LogP contribution in [0.5, 0.6) is 0 Å². The van der Waals surface area contributed by atoms with Gasteiger partial charge >= 0.3 is 0 Å². The lowest BCUT2D eigenvalue weighted by molar-refractivity contribution is 0.185. The van der Waals surface area contributed by atoms with E-state index in [-0.39, 0.29) is 6.04 Å². The summed E-state index contributed by atoms with van der Waals surface area (Å²) in [6.45, 7) is 2.78. The number of nitrogens with one attached hydrogen (secondary N) is 1. The van der Waals surface area contributed by atoms with E-state index in [0.29, 0.717) is 6.61 Å². The first-order valence-corrected chi connectivity index (χ1v) is 7.09. The van der Waals surface area contributed by atoms with Crippen LogP contribution in [0.2, 0.25) is 0 Å². The van der Waals surface area contributed by atoms with Gasteiger partial charge in [-0.3, -0.25) is 0 Å². The van der Waals surface area contributed by atoms with E-state index in [2.05, 4.69) is 64.6 Å². The molecule has 2 aromatic carbocycles. The zero-order chi connectivity index (χ0) is 13.7. The van der Waals surface area contributed by atoms with E-state index in [1.54, 1.807) is 7.11 Å². The van der Waals surface area contributed by atoms with E-state index in [0.717, 1.165) is 10.2 Å². The minimum atomic E-state index is 0.256. The number of hydrogen-bond donors (Lipinski definition) is 1. The molecule has 0 aliphatic heterocycles. The van der Waals surface area contributed by atoms with E-state index in [9.17, 15) is 0 Å². The van der Waals surface area contributed by atoms with Gasteiger partial charge < -0.3 is 10.1 Å². The lowest BCUT2D eigenvalue weighted by atomic mass is 10.1. The van der Waals surface area contributed by atoms with Gasteiger partial charge in [0.2, 0.25) is 0 Å². The molecule has 0 aromatic heterocycles. The lowest BCUT2D eigenvalue weighted by Crippen LogP contribution is -2.08. The van der Waals surface area contributed by atoms with E-state index >= 15 is 0 Å². The lowest BCUT2D eigenvalue weighted by Gasteiger charge is -2.18. The molecule has 0 fully saturated rings. The van der Waals surface area contributed by atoms with Crippen LogP contribution in [0.25, 0.3) is 0 Å². The highest BCUT2D eigenvalue weighted by molar-refractivity contribution is 9.10. The molecule has 19 heavy (non-hydrogen) atoms. The molecule has 1 N–H and O–H groups in total. The zero-order valence-corrected chi connectivity index (χ0v) is 12.8. The van der Waals surface area contributed by atoms with Crippen molar-refractivity contribution in [3.05, 3.63) is 64.1 Å². The highest BCUT2D eigenvalue weighted by Gasteiger charge is 2.07. The Balaban J connectivity index is 2.14. The molecule has 0 saturated carbocycles. The van der Waals surface area contributed by atoms with Gasteiger partial charge in [0.25, 0.3) is 0 Å². The van der Waals surface area contributed by atoms with Crippen molar-refractivity contribution in [1.82, 2.24) is 0 Å². The Morgan fingerprint density at radius 1 is 1.11 bits per heavy atom. The molecule has 100 valence electrons. The molecule has 0 amide bonds. The molecule has 2 aromatic rings. The first kappa shape index (κ1) is 14.1. The molecule has 1 unspecified atom stereocenters. The topological polar surface area (TPSA) is 21.3 Å². The minimum absolute atomic E-state index is 0.256. The number of benzene rings is 2. The molecule has 0 aliphatic carbocycles. The van der Waals surface area contributed by atoms with Crippen molar-refractivity contribution in [3.8, 4) is 0 Å². The summed E-state index contributed by atoms with van der Waals surface area (Å²) in [4.78, 5) is 0. The molecule has 0 heterocycles. The van der Waals surface area contributed by atoms with Crippen molar-refractivity contribution in [2.75, 3.05) is 12.4 Å². The molecule has 0 spiro atoms. The number of para-hydroxylation sites is 1. The van der Waals surface area contributed by atoms with Crippen LogP contribution in [0.4, 0.5) is 5.69 Å². The van der Waals surface area contributed by atoms with Crippen molar-refractivity contribution in [2.45, 2.75) is 19.6 Å². The second-order valence-corrected chi connectivity index (χ2v) is 5.42. The summed E-state index contributed by atoms with van der Waals surface area (Å²) in [5.74, 6) is 0. The molecule has 3 heteroatoms. The Labute approximate surface area is 122 Å². The molecular weight excluding hydrogens is 302 g/mol. The van der Waals surface area contributed by atoms with Gasteiger partial charge in [0.15, 0.2) is 0 Å². The van der Waals surface area contributed by atoms with Crippen molar-refractivity contribution < 1.29 is 4.74 Å². The molecule has 0 radical (unpaired) electrons. The van der Waals surface area contributed by atoms with Crippen LogP contribution in [-0.4, -0.2) is 7.11 Å². The number of anilines is 1. The van der Waals surface area contributed by atoms with E-state index in [1.165, 1.54) is 11.1 Å². The third-order valence-corrected chi connectivity index (χ3v) is 3.59. The second-order valence-electron chi connectivity index (χ2n) is 4.51. The minimum Gasteiger partial charge on any atom is -0.380 e. The quantitative estimate of drug-likeness (QED) is 0.857. The average molecular weight is 320 g/mol. The molecule has 2 nitrogen and oxygen atoms in total. The molecule has 2 rings (SSSR count). The first-order valence-electron chi connectivity index (χ1n) is 6.29. The SMILES string of the molecule is COCc1ccccc1NC(C)c1ccc(Br)cc1. The van der Waals surface area contributed by atoms with Gasteiger partial charge in [-0.15, -0.1) is 0 Å². The predicted molar refractivity (Wildman–Crippen MR) is 83.3 cm³/mol. The summed E-state index contributed by atoms with van der Waals surface area (Å²) < 4.78 is 6.33. The van der Waals surface area contributed by atoms with Crippen molar-refractivity contribution >= 4 is 21.6 Å². The summed E-state index contributed by atoms with van der Waals surface area (Å²) in [5, 5.41) is 3.54. The Kier molecular flexibility index (Phi) is 5.00. The Bertz CT molecular complexity index is 525. The van der Waals surface area contributed by atoms with Gasteiger partial charge in [0, 0.05) is 28.9 Å². The van der Waals surface area contributed by atoms with Gasteiger partial charge in [0.1, 0.15) is 0 Å². The van der Waals surface area contributed by atoms with E-state index < -0.39 is 0 Å². The van der Waals surface area contributed by atoms with Crippen LogP contribution >= 0.6 is 15.9 Å². The van der Waals surface area contributed by atoms with Gasteiger partial charge in [-0.25, -0.2) is 0 Å². The number of methoxy groups -OCH3 is 1.